The van der Waals surface area contributed by atoms with Gasteiger partial charge in [0.05, 0.1) is 5.92 Å². The molecule has 1 saturated heterocycles. The van der Waals surface area contributed by atoms with Crippen LogP contribution >= 0.6 is 0 Å². The van der Waals surface area contributed by atoms with Gasteiger partial charge in [-0.25, -0.2) is 8.42 Å². The van der Waals surface area contributed by atoms with Gasteiger partial charge in [0.25, 0.3) is 0 Å². The van der Waals surface area contributed by atoms with E-state index >= 15 is 0 Å². The summed E-state index contributed by atoms with van der Waals surface area (Å²) in [4.78, 5) is 10.9. The van der Waals surface area contributed by atoms with Gasteiger partial charge in [-0.05, 0) is 18.6 Å². The summed E-state index contributed by atoms with van der Waals surface area (Å²) in [5.74, 6) is -1.24. The van der Waals surface area contributed by atoms with Crippen LogP contribution in [0.15, 0.2) is 29.2 Å². The molecule has 1 aromatic carbocycles. The molecule has 0 spiro atoms. The third-order valence-corrected chi connectivity index (χ3v) is 4.95. The van der Waals surface area contributed by atoms with E-state index in [2.05, 4.69) is 0 Å². The predicted octanol–water partition coefficient (Wildman–Crippen LogP) is -0.112. The minimum absolute atomic E-state index is 0.0754. The smallest absolute Gasteiger partial charge is 0.246 e. The van der Waals surface area contributed by atoms with Crippen molar-refractivity contribution in [1.29, 1.82) is 0 Å². The molecule has 1 unspecified atom stereocenters. The van der Waals surface area contributed by atoms with Crippen LogP contribution in [0.25, 0.3) is 0 Å². The number of phenols is 1. The summed E-state index contributed by atoms with van der Waals surface area (Å²) in [6.07, 6.45) is 0.419. The van der Waals surface area contributed by atoms with Crippen molar-refractivity contribution in [3.05, 3.63) is 24.3 Å². The van der Waals surface area contributed by atoms with E-state index in [1.54, 1.807) is 6.07 Å². The van der Waals surface area contributed by atoms with E-state index < -0.39 is 21.8 Å². The van der Waals surface area contributed by atoms with Gasteiger partial charge in [-0.2, -0.15) is 4.31 Å². The van der Waals surface area contributed by atoms with E-state index in [-0.39, 0.29) is 23.7 Å². The molecule has 1 fully saturated rings. The first-order valence-electron chi connectivity index (χ1n) is 5.50. The molecule has 1 heterocycles. The molecule has 1 aromatic rings. The first kappa shape index (κ1) is 12.8. The first-order chi connectivity index (χ1) is 8.43. The molecule has 0 aromatic heterocycles. The lowest BCUT2D eigenvalue weighted by Crippen LogP contribution is -2.31. The predicted molar refractivity (Wildman–Crippen MR) is 64.2 cm³/mol. The largest absolute Gasteiger partial charge is 0.507 e. The van der Waals surface area contributed by atoms with Gasteiger partial charge in [-0.3, -0.25) is 4.79 Å². The number of phenolic OH excluding ortho intramolecular Hbond substituents is 1. The van der Waals surface area contributed by atoms with Crippen molar-refractivity contribution in [1.82, 2.24) is 4.31 Å². The fourth-order valence-corrected chi connectivity index (χ4v) is 3.58. The molecule has 0 saturated carbocycles. The van der Waals surface area contributed by atoms with Crippen LogP contribution in [0.4, 0.5) is 0 Å². The highest BCUT2D eigenvalue weighted by Gasteiger charge is 2.35. The molecule has 1 atom stereocenters. The Morgan fingerprint density at radius 2 is 2.06 bits per heavy atom. The van der Waals surface area contributed by atoms with Crippen LogP contribution in [-0.4, -0.2) is 36.8 Å². The number of para-hydroxylation sites is 1. The summed E-state index contributed by atoms with van der Waals surface area (Å²) in [6.45, 7) is 0.316. The Labute approximate surface area is 105 Å². The minimum atomic E-state index is -3.76. The Bertz CT molecular complexity index is 570. The highest BCUT2D eigenvalue weighted by Crippen LogP contribution is 2.29. The Morgan fingerprint density at radius 3 is 2.61 bits per heavy atom. The van der Waals surface area contributed by atoms with E-state index in [0.29, 0.717) is 6.42 Å². The van der Waals surface area contributed by atoms with Crippen LogP contribution in [0, 0.1) is 5.92 Å². The highest BCUT2D eigenvalue weighted by atomic mass is 32.2. The summed E-state index contributed by atoms with van der Waals surface area (Å²) in [6, 6.07) is 5.73. The Kier molecular flexibility index (Phi) is 3.27. The number of rotatable bonds is 3. The van der Waals surface area contributed by atoms with Crippen LogP contribution in [0.5, 0.6) is 5.75 Å². The molecule has 1 aliphatic rings. The summed E-state index contributed by atoms with van der Waals surface area (Å²) in [5.41, 5.74) is 5.16. The number of benzene rings is 1. The quantitative estimate of drug-likeness (QED) is 0.800. The van der Waals surface area contributed by atoms with Crippen LogP contribution < -0.4 is 5.73 Å². The van der Waals surface area contributed by atoms with E-state index in [1.807, 2.05) is 0 Å². The number of nitrogens with two attached hydrogens (primary N) is 1. The Morgan fingerprint density at radius 1 is 1.39 bits per heavy atom. The number of nitrogens with zero attached hydrogens (tertiary/aromatic N) is 1. The van der Waals surface area contributed by atoms with E-state index in [4.69, 9.17) is 5.73 Å². The van der Waals surface area contributed by atoms with E-state index in [9.17, 15) is 18.3 Å². The number of sulfonamides is 1. The van der Waals surface area contributed by atoms with Crippen molar-refractivity contribution in [3.63, 3.8) is 0 Å². The summed E-state index contributed by atoms with van der Waals surface area (Å²) >= 11 is 0. The van der Waals surface area contributed by atoms with Gasteiger partial charge < -0.3 is 10.8 Å². The number of primary amides is 1. The fourth-order valence-electron chi connectivity index (χ4n) is 1.99. The molecule has 0 radical (unpaired) electrons. The van der Waals surface area contributed by atoms with Crippen LogP contribution in [-0.2, 0) is 14.8 Å². The second kappa shape index (κ2) is 4.58. The van der Waals surface area contributed by atoms with Gasteiger partial charge in [0.2, 0.25) is 15.9 Å². The van der Waals surface area contributed by atoms with Gasteiger partial charge in [-0.1, -0.05) is 12.1 Å². The molecule has 1 aliphatic heterocycles. The first-order valence-corrected chi connectivity index (χ1v) is 6.94. The third-order valence-electron chi connectivity index (χ3n) is 3.04. The average molecular weight is 270 g/mol. The van der Waals surface area contributed by atoms with Gasteiger partial charge in [0.1, 0.15) is 10.6 Å². The molecule has 2 rings (SSSR count). The van der Waals surface area contributed by atoms with Crippen molar-refractivity contribution in [2.45, 2.75) is 11.3 Å². The third kappa shape index (κ3) is 2.19. The number of carbonyl (C=O) groups is 1. The summed E-state index contributed by atoms with van der Waals surface area (Å²) in [5, 5.41) is 9.58. The van der Waals surface area contributed by atoms with Crippen molar-refractivity contribution >= 4 is 15.9 Å². The number of carbonyl (C=O) groups excluding carboxylic acids is 1. The molecule has 3 N–H and O–H groups in total. The standard InChI is InChI=1S/C11H14N2O4S/c12-11(15)8-5-6-13(7-8)18(16,17)10-4-2-1-3-9(10)14/h1-4,8,14H,5-7H2,(H2,12,15). The monoisotopic (exact) mass is 270 g/mol. The van der Waals surface area contributed by atoms with Crippen LogP contribution in [0.3, 0.4) is 0 Å². The molecule has 18 heavy (non-hydrogen) atoms. The van der Waals surface area contributed by atoms with Crippen LogP contribution in [0.2, 0.25) is 0 Å². The average Bonchev–Trinajstić information content (AvgIpc) is 2.79. The lowest BCUT2D eigenvalue weighted by atomic mass is 10.1. The number of amides is 1. The van der Waals surface area contributed by atoms with Gasteiger partial charge in [0.15, 0.2) is 0 Å². The van der Waals surface area contributed by atoms with Gasteiger partial charge in [0, 0.05) is 13.1 Å². The van der Waals surface area contributed by atoms with Crippen molar-refractivity contribution in [2.24, 2.45) is 11.7 Å². The molecule has 0 bridgehead atoms. The molecular formula is C11H14N2O4S. The SMILES string of the molecule is NC(=O)C1CCN(S(=O)(=O)c2ccccc2O)C1. The maximum atomic E-state index is 12.2. The molecule has 98 valence electrons. The zero-order valence-electron chi connectivity index (χ0n) is 9.61. The number of hydrogen-bond donors (Lipinski definition) is 2. The topological polar surface area (TPSA) is 101 Å². The second-order valence-corrected chi connectivity index (χ2v) is 6.13. The number of aromatic hydroxyl groups is 1. The normalized spacial score (nSPS) is 21.0. The van der Waals surface area contributed by atoms with E-state index in [1.165, 1.54) is 22.5 Å². The lowest BCUT2D eigenvalue weighted by molar-refractivity contribution is -0.121. The second-order valence-electron chi connectivity index (χ2n) is 4.22. The van der Waals surface area contributed by atoms with Gasteiger partial charge >= 0.3 is 0 Å². The summed E-state index contributed by atoms with van der Waals surface area (Å²) < 4.78 is 25.7. The maximum absolute atomic E-state index is 12.2. The van der Waals surface area contributed by atoms with Crippen LogP contribution in [0.1, 0.15) is 6.42 Å². The molecule has 1 amide bonds. The number of hydrogen-bond acceptors (Lipinski definition) is 4. The molecule has 0 aliphatic carbocycles. The minimum Gasteiger partial charge on any atom is -0.507 e. The summed E-state index contributed by atoms with van der Waals surface area (Å²) in [7, 11) is -3.76. The molecule has 6 nitrogen and oxygen atoms in total. The van der Waals surface area contributed by atoms with Crippen molar-refractivity contribution < 1.29 is 18.3 Å². The van der Waals surface area contributed by atoms with E-state index in [0.717, 1.165) is 0 Å². The van der Waals surface area contributed by atoms with Gasteiger partial charge in [-0.15, -0.1) is 0 Å². The zero-order valence-corrected chi connectivity index (χ0v) is 10.4. The van der Waals surface area contributed by atoms with Crippen molar-refractivity contribution in [2.75, 3.05) is 13.1 Å². The Hall–Kier alpha value is -1.60. The van der Waals surface area contributed by atoms with Crippen molar-refractivity contribution in [3.8, 4) is 5.75 Å². The fraction of sp³-hybridized carbons (Fsp3) is 0.364. The zero-order chi connectivity index (χ0) is 13.3. The highest BCUT2D eigenvalue weighted by molar-refractivity contribution is 7.89. The lowest BCUT2D eigenvalue weighted by Gasteiger charge is -2.16. The molecule has 7 heteroatoms. The Balaban J connectivity index is 2.29. The molecular weight excluding hydrogens is 256 g/mol. The maximum Gasteiger partial charge on any atom is 0.246 e.